The molecular formula is C23H27N3S. The smallest absolute Gasteiger partial charge is 0.126 e. The standard InChI is InChI=1S/C23H27N3S/c1-16-5-7-18(8-6-16)14-26(3)15-19-9-10-21(27-4)12-22(19)20-11-17(2)23(24)25-13-20/h5-13H,14-15H2,1-4H3,(H2,24,25). The number of hydrogen-bond acceptors (Lipinski definition) is 4. The van der Waals surface area contributed by atoms with Gasteiger partial charge in [0.15, 0.2) is 0 Å². The summed E-state index contributed by atoms with van der Waals surface area (Å²) < 4.78 is 0. The van der Waals surface area contributed by atoms with Gasteiger partial charge in [-0.05, 0) is 67.6 Å². The highest BCUT2D eigenvalue weighted by Crippen LogP contribution is 2.30. The highest BCUT2D eigenvalue weighted by molar-refractivity contribution is 7.98. The van der Waals surface area contributed by atoms with Gasteiger partial charge in [0.1, 0.15) is 5.82 Å². The lowest BCUT2D eigenvalue weighted by Gasteiger charge is -2.20. The molecule has 0 amide bonds. The van der Waals surface area contributed by atoms with Gasteiger partial charge in [-0.3, -0.25) is 4.90 Å². The predicted octanol–water partition coefficient (Wildman–Crippen LogP) is 5.30. The van der Waals surface area contributed by atoms with E-state index in [1.165, 1.54) is 27.1 Å². The van der Waals surface area contributed by atoms with Crippen LogP contribution in [0.5, 0.6) is 0 Å². The molecule has 140 valence electrons. The Kier molecular flexibility index (Phi) is 6.19. The molecule has 0 bridgehead atoms. The summed E-state index contributed by atoms with van der Waals surface area (Å²) in [5, 5.41) is 0. The number of nitrogens with zero attached hydrogens (tertiary/aromatic N) is 2. The van der Waals surface area contributed by atoms with Crippen LogP contribution < -0.4 is 5.73 Å². The van der Waals surface area contributed by atoms with E-state index in [4.69, 9.17) is 5.73 Å². The molecular weight excluding hydrogens is 350 g/mol. The van der Waals surface area contributed by atoms with Crippen LogP contribution in [0.2, 0.25) is 0 Å². The van der Waals surface area contributed by atoms with Crippen molar-refractivity contribution in [1.82, 2.24) is 9.88 Å². The molecule has 0 radical (unpaired) electrons. The van der Waals surface area contributed by atoms with Crippen LogP contribution in [-0.2, 0) is 13.1 Å². The third-order valence-electron chi connectivity index (χ3n) is 4.76. The number of pyridine rings is 1. The van der Waals surface area contributed by atoms with Crippen LogP contribution in [0.25, 0.3) is 11.1 Å². The minimum absolute atomic E-state index is 0.595. The first-order valence-electron chi connectivity index (χ1n) is 9.10. The third kappa shape index (κ3) is 4.90. The quantitative estimate of drug-likeness (QED) is 0.592. The molecule has 0 aliphatic carbocycles. The monoisotopic (exact) mass is 377 g/mol. The average Bonchev–Trinajstić information content (AvgIpc) is 2.66. The molecule has 1 heterocycles. The van der Waals surface area contributed by atoms with Gasteiger partial charge in [0.2, 0.25) is 0 Å². The number of hydrogen-bond donors (Lipinski definition) is 1. The molecule has 0 atom stereocenters. The van der Waals surface area contributed by atoms with Gasteiger partial charge in [-0.1, -0.05) is 35.9 Å². The van der Waals surface area contributed by atoms with Crippen LogP contribution in [0, 0.1) is 13.8 Å². The van der Waals surface area contributed by atoms with Crippen molar-refractivity contribution in [3.8, 4) is 11.1 Å². The SMILES string of the molecule is CSc1ccc(CN(C)Cc2ccc(C)cc2)c(-c2cnc(N)c(C)c2)c1. The summed E-state index contributed by atoms with van der Waals surface area (Å²) in [4.78, 5) is 7.97. The van der Waals surface area contributed by atoms with Gasteiger partial charge >= 0.3 is 0 Å². The van der Waals surface area contributed by atoms with E-state index in [-0.39, 0.29) is 0 Å². The predicted molar refractivity (Wildman–Crippen MR) is 117 cm³/mol. The maximum absolute atomic E-state index is 5.91. The van der Waals surface area contributed by atoms with Crippen LogP contribution in [0.1, 0.15) is 22.3 Å². The fourth-order valence-corrected chi connectivity index (χ4v) is 3.61. The largest absolute Gasteiger partial charge is 0.383 e. The highest BCUT2D eigenvalue weighted by atomic mass is 32.2. The van der Waals surface area contributed by atoms with Crippen molar-refractivity contribution >= 4 is 17.6 Å². The summed E-state index contributed by atoms with van der Waals surface area (Å²) in [5.74, 6) is 0.595. The molecule has 0 unspecified atom stereocenters. The molecule has 0 aliphatic rings. The maximum atomic E-state index is 5.91. The summed E-state index contributed by atoms with van der Waals surface area (Å²) in [6, 6.07) is 17.6. The van der Waals surface area contributed by atoms with Crippen molar-refractivity contribution < 1.29 is 0 Å². The van der Waals surface area contributed by atoms with Crippen LogP contribution in [0.4, 0.5) is 5.82 Å². The summed E-state index contributed by atoms with van der Waals surface area (Å²) >= 11 is 1.76. The van der Waals surface area contributed by atoms with Crippen LogP contribution in [0.3, 0.4) is 0 Å². The van der Waals surface area contributed by atoms with E-state index in [2.05, 4.69) is 78.6 Å². The number of benzene rings is 2. The molecule has 2 aromatic carbocycles. The minimum Gasteiger partial charge on any atom is -0.383 e. The van der Waals surface area contributed by atoms with Gasteiger partial charge in [-0.25, -0.2) is 4.98 Å². The van der Waals surface area contributed by atoms with Gasteiger partial charge in [0, 0.05) is 29.7 Å². The van der Waals surface area contributed by atoms with Gasteiger partial charge in [0.25, 0.3) is 0 Å². The van der Waals surface area contributed by atoms with E-state index >= 15 is 0 Å². The van der Waals surface area contributed by atoms with Gasteiger partial charge in [-0.2, -0.15) is 0 Å². The Morgan fingerprint density at radius 1 is 1.00 bits per heavy atom. The Morgan fingerprint density at radius 3 is 2.41 bits per heavy atom. The Labute approximate surface area is 166 Å². The van der Waals surface area contributed by atoms with Crippen molar-refractivity contribution in [2.75, 3.05) is 19.0 Å². The lowest BCUT2D eigenvalue weighted by molar-refractivity contribution is 0.319. The van der Waals surface area contributed by atoms with Crippen LogP contribution in [-0.4, -0.2) is 23.2 Å². The average molecular weight is 378 g/mol. The van der Waals surface area contributed by atoms with Crippen molar-refractivity contribution in [2.24, 2.45) is 0 Å². The number of rotatable bonds is 6. The second-order valence-electron chi connectivity index (χ2n) is 7.11. The molecule has 0 spiro atoms. The first kappa shape index (κ1) is 19.5. The summed E-state index contributed by atoms with van der Waals surface area (Å²) in [6.45, 7) is 5.92. The van der Waals surface area contributed by atoms with E-state index < -0.39 is 0 Å². The zero-order chi connectivity index (χ0) is 19.4. The molecule has 3 nitrogen and oxygen atoms in total. The van der Waals surface area contributed by atoms with E-state index in [9.17, 15) is 0 Å². The van der Waals surface area contributed by atoms with Gasteiger partial charge < -0.3 is 5.73 Å². The molecule has 1 aromatic heterocycles. The molecule has 3 aromatic rings. The number of nitrogen functional groups attached to an aromatic ring is 1. The molecule has 0 saturated carbocycles. The second kappa shape index (κ2) is 8.59. The van der Waals surface area contributed by atoms with Crippen molar-refractivity contribution in [1.29, 1.82) is 0 Å². The Morgan fingerprint density at radius 2 is 1.74 bits per heavy atom. The Balaban J connectivity index is 1.87. The zero-order valence-electron chi connectivity index (χ0n) is 16.5. The van der Waals surface area contributed by atoms with E-state index in [0.717, 1.165) is 24.2 Å². The van der Waals surface area contributed by atoms with Crippen molar-refractivity contribution in [3.63, 3.8) is 0 Å². The first-order valence-corrected chi connectivity index (χ1v) is 10.3. The molecule has 4 heteroatoms. The van der Waals surface area contributed by atoms with E-state index in [1.54, 1.807) is 11.8 Å². The number of thioether (sulfide) groups is 1. The fourth-order valence-electron chi connectivity index (χ4n) is 3.17. The van der Waals surface area contributed by atoms with Gasteiger partial charge in [0.05, 0.1) is 0 Å². The number of anilines is 1. The summed E-state index contributed by atoms with van der Waals surface area (Å²) in [7, 11) is 2.17. The minimum atomic E-state index is 0.595. The molecule has 0 aliphatic heterocycles. The Hall–Kier alpha value is -2.30. The lowest BCUT2D eigenvalue weighted by atomic mass is 9.99. The van der Waals surface area contributed by atoms with Gasteiger partial charge in [-0.15, -0.1) is 11.8 Å². The Bertz CT molecular complexity index is 919. The maximum Gasteiger partial charge on any atom is 0.126 e. The molecule has 2 N–H and O–H groups in total. The molecule has 3 rings (SSSR count). The second-order valence-corrected chi connectivity index (χ2v) is 7.99. The number of aromatic nitrogens is 1. The van der Waals surface area contributed by atoms with Crippen LogP contribution in [0.15, 0.2) is 59.6 Å². The fraction of sp³-hybridized carbons (Fsp3) is 0.261. The number of nitrogens with two attached hydrogens (primary N) is 1. The van der Waals surface area contributed by atoms with Crippen molar-refractivity contribution in [3.05, 3.63) is 77.0 Å². The van der Waals surface area contributed by atoms with E-state index in [1.807, 2.05) is 13.1 Å². The lowest BCUT2D eigenvalue weighted by Crippen LogP contribution is -2.17. The summed E-state index contributed by atoms with van der Waals surface area (Å²) in [5.41, 5.74) is 13.2. The topological polar surface area (TPSA) is 42.2 Å². The molecule has 0 saturated heterocycles. The number of aryl methyl sites for hydroxylation is 2. The first-order chi connectivity index (χ1) is 13.0. The van der Waals surface area contributed by atoms with Crippen LogP contribution >= 0.6 is 11.8 Å². The summed E-state index contributed by atoms with van der Waals surface area (Å²) in [6.07, 6.45) is 3.99. The molecule has 0 fully saturated rings. The zero-order valence-corrected chi connectivity index (χ0v) is 17.3. The third-order valence-corrected chi connectivity index (χ3v) is 5.49. The normalized spacial score (nSPS) is 11.1. The molecule has 27 heavy (non-hydrogen) atoms. The van der Waals surface area contributed by atoms with Crippen molar-refractivity contribution in [2.45, 2.75) is 31.8 Å². The van der Waals surface area contributed by atoms with E-state index in [0.29, 0.717) is 5.82 Å². The highest BCUT2D eigenvalue weighted by Gasteiger charge is 2.11.